The minimum atomic E-state index is -3.84. The number of hydrogen-bond donors (Lipinski definition) is 2. The minimum absolute atomic E-state index is 0.0243. The quantitative estimate of drug-likeness (QED) is 0.717. The molecule has 16 heavy (non-hydrogen) atoms. The van der Waals surface area contributed by atoms with E-state index in [1.54, 1.807) is 13.1 Å². The van der Waals surface area contributed by atoms with E-state index in [2.05, 4.69) is 9.82 Å². The van der Waals surface area contributed by atoms with E-state index in [0.29, 0.717) is 5.69 Å². The van der Waals surface area contributed by atoms with E-state index in [1.807, 2.05) is 0 Å². The Morgan fingerprint density at radius 1 is 1.69 bits per heavy atom. The fraction of sp³-hybridized carbons (Fsp3) is 0.500. The maximum Gasteiger partial charge on any atom is 0.323 e. The normalized spacial score (nSPS) is 13.6. The van der Waals surface area contributed by atoms with E-state index in [-0.39, 0.29) is 6.54 Å². The lowest BCUT2D eigenvalue weighted by Gasteiger charge is -2.09. The summed E-state index contributed by atoms with van der Waals surface area (Å²) < 4.78 is 26.6. The summed E-state index contributed by atoms with van der Waals surface area (Å²) >= 11 is 0. The van der Waals surface area contributed by atoms with Gasteiger partial charge in [0.1, 0.15) is 0 Å². The summed E-state index contributed by atoms with van der Waals surface area (Å²) in [5.41, 5.74) is 0.654. The van der Waals surface area contributed by atoms with Gasteiger partial charge in [-0.3, -0.25) is 9.48 Å². The van der Waals surface area contributed by atoms with Crippen molar-refractivity contribution in [2.75, 3.05) is 0 Å². The van der Waals surface area contributed by atoms with Crippen LogP contribution in [0.4, 0.5) is 0 Å². The second-order valence-electron chi connectivity index (χ2n) is 3.29. The van der Waals surface area contributed by atoms with Gasteiger partial charge in [-0.25, -0.2) is 13.1 Å². The first-order valence-electron chi connectivity index (χ1n) is 4.53. The number of aromatic nitrogens is 2. The summed E-state index contributed by atoms with van der Waals surface area (Å²) in [4.78, 5) is 10.5. The molecule has 1 heterocycles. The van der Waals surface area contributed by atoms with Gasteiger partial charge in [0.2, 0.25) is 10.0 Å². The van der Waals surface area contributed by atoms with Crippen LogP contribution in [-0.2, 0) is 28.4 Å². The summed E-state index contributed by atoms with van der Waals surface area (Å²) in [6.07, 6.45) is 1.53. The van der Waals surface area contributed by atoms with Gasteiger partial charge in [-0.15, -0.1) is 0 Å². The van der Waals surface area contributed by atoms with Crippen molar-refractivity contribution in [3.63, 3.8) is 0 Å². The van der Waals surface area contributed by atoms with E-state index in [4.69, 9.17) is 5.11 Å². The summed E-state index contributed by atoms with van der Waals surface area (Å²) in [5.74, 6) is -1.38. The first-order valence-corrected chi connectivity index (χ1v) is 6.07. The second kappa shape index (κ2) is 4.62. The number of carboxylic acids is 1. The number of aryl methyl sites for hydroxylation is 1. The van der Waals surface area contributed by atoms with E-state index in [0.717, 1.165) is 6.92 Å². The molecule has 1 atom stereocenters. The Kier molecular flexibility index (Phi) is 3.66. The van der Waals surface area contributed by atoms with Crippen molar-refractivity contribution in [3.05, 3.63) is 18.0 Å². The van der Waals surface area contributed by atoms with Gasteiger partial charge in [-0.2, -0.15) is 5.10 Å². The molecule has 1 rings (SSSR count). The average Bonchev–Trinajstić information content (AvgIpc) is 2.60. The van der Waals surface area contributed by atoms with Crippen LogP contribution in [0.2, 0.25) is 0 Å². The predicted molar refractivity (Wildman–Crippen MR) is 56.1 cm³/mol. The van der Waals surface area contributed by atoms with Gasteiger partial charge in [0.05, 0.1) is 12.2 Å². The number of nitrogens with zero attached hydrogens (tertiary/aromatic N) is 2. The Labute approximate surface area is 93.1 Å². The lowest BCUT2D eigenvalue weighted by molar-refractivity contribution is -0.136. The zero-order valence-electron chi connectivity index (χ0n) is 8.91. The van der Waals surface area contributed by atoms with Crippen LogP contribution in [-0.4, -0.2) is 34.5 Å². The Morgan fingerprint density at radius 2 is 2.31 bits per heavy atom. The maximum atomic E-state index is 11.5. The average molecular weight is 247 g/mol. The highest BCUT2D eigenvalue weighted by atomic mass is 32.2. The third kappa shape index (κ3) is 2.80. The number of carboxylic acid groups (broad SMARTS) is 1. The molecule has 0 amide bonds. The van der Waals surface area contributed by atoms with Gasteiger partial charge in [0, 0.05) is 13.2 Å². The van der Waals surface area contributed by atoms with Crippen molar-refractivity contribution >= 4 is 16.0 Å². The second-order valence-corrected chi connectivity index (χ2v) is 5.38. The van der Waals surface area contributed by atoms with Crippen LogP contribution >= 0.6 is 0 Å². The van der Waals surface area contributed by atoms with Crippen LogP contribution in [0.25, 0.3) is 0 Å². The van der Waals surface area contributed by atoms with E-state index >= 15 is 0 Å². The zero-order chi connectivity index (χ0) is 12.3. The Bertz CT molecular complexity index is 479. The fourth-order valence-corrected chi connectivity index (χ4v) is 1.87. The van der Waals surface area contributed by atoms with Crippen molar-refractivity contribution in [2.24, 2.45) is 7.05 Å². The molecule has 0 aromatic carbocycles. The molecule has 7 nitrogen and oxygen atoms in total. The van der Waals surface area contributed by atoms with Gasteiger partial charge in [0.15, 0.2) is 5.25 Å². The zero-order valence-corrected chi connectivity index (χ0v) is 9.73. The number of sulfonamides is 1. The predicted octanol–water partition coefficient (Wildman–Crippen LogP) is -0.687. The third-order valence-electron chi connectivity index (χ3n) is 2.19. The van der Waals surface area contributed by atoms with E-state index in [1.165, 1.54) is 10.9 Å². The number of aliphatic carboxylic acids is 1. The Hall–Kier alpha value is -1.41. The molecule has 8 heteroatoms. The monoisotopic (exact) mass is 247 g/mol. The summed E-state index contributed by atoms with van der Waals surface area (Å²) in [5, 5.41) is 11.0. The Balaban J connectivity index is 2.69. The SMILES string of the molecule is CC(C(=O)O)S(=O)(=O)NCc1ccnn1C. The third-order valence-corrected chi connectivity index (χ3v) is 3.87. The van der Waals surface area contributed by atoms with Gasteiger partial charge >= 0.3 is 5.97 Å². The largest absolute Gasteiger partial charge is 0.480 e. The molecule has 1 aromatic heterocycles. The number of carbonyl (C=O) groups is 1. The van der Waals surface area contributed by atoms with E-state index in [9.17, 15) is 13.2 Å². The standard InChI is InChI=1S/C8H13N3O4S/c1-6(8(12)13)16(14,15)10-5-7-3-4-9-11(7)2/h3-4,6,10H,5H2,1-2H3,(H,12,13). The summed E-state index contributed by atoms with van der Waals surface area (Å²) in [6.45, 7) is 1.14. The summed E-state index contributed by atoms with van der Waals surface area (Å²) in [6, 6.07) is 1.65. The minimum Gasteiger partial charge on any atom is -0.480 e. The lowest BCUT2D eigenvalue weighted by Crippen LogP contribution is -2.37. The molecule has 1 unspecified atom stereocenters. The van der Waals surface area contributed by atoms with Gasteiger partial charge in [0.25, 0.3) is 0 Å². The first kappa shape index (κ1) is 12.7. The van der Waals surface area contributed by atoms with Gasteiger partial charge in [-0.1, -0.05) is 0 Å². The van der Waals surface area contributed by atoms with E-state index < -0.39 is 21.2 Å². The highest BCUT2D eigenvalue weighted by Gasteiger charge is 2.27. The van der Waals surface area contributed by atoms with Crippen molar-refractivity contribution in [1.29, 1.82) is 0 Å². The van der Waals surface area contributed by atoms with Crippen LogP contribution < -0.4 is 4.72 Å². The number of nitrogens with one attached hydrogen (secondary N) is 1. The fourth-order valence-electron chi connectivity index (χ4n) is 1.01. The molecule has 0 aliphatic carbocycles. The van der Waals surface area contributed by atoms with Crippen LogP contribution in [0.5, 0.6) is 0 Å². The highest BCUT2D eigenvalue weighted by Crippen LogP contribution is 2.01. The molecule has 2 N–H and O–H groups in total. The molecule has 0 radical (unpaired) electrons. The van der Waals surface area contributed by atoms with Crippen molar-refractivity contribution in [3.8, 4) is 0 Å². The van der Waals surface area contributed by atoms with Crippen LogP contribution in [0, 0.1) is 0 Å². The van der Waals surface area contributed by atoms with Crippen LogP contribution in [0.3, 0.4) is 0 Å². The lowest BCUT2D eigenvalue weighted by atomic mass is 10.4. The molecule has 90 valence electrons. The van der Waals surface area contributed by atoms with Crippen molar-refractivity contribution < 1.29 is 18.3 Å². The molecule has 1 aromatic rings. The van der Waals surface area contributed by atoms with Crippen LogP contribution in [0.1, 0.15) is 12.6 Å². The molecular weight excluding hydrogens is 234 g/mol. The van der Waals surface area contributed by atoms with Gasteiger partial charge in [-0.05, 0) is 13.0 Å². The maximum absolute atomic E-state index is 11.5. The molecule has 0 saturated carbocycles. The smallest absolute Gasteiger partial charge is 0.323 e. The number of hydrogen-bond acceptors (Lipinski definition) is 4. The number of rotatable bonds is 5. The summed E-state index contributed by atoms with van der Waals surface area (Å²) in [7, 11) is -2.17. The highest BCUT2D eigenvalue weighted by molar-refractivity contribution is 7.90. The van der Waals surface area contributed by atoms with Crippen molar-refractivity contribution in [1.82, 2.24) is 14.5 Å². The molecular formula is C8H13N3O4S. The topological polar surface area (TPSA) is 101 Å². The molecule has 0 fully saturated rings. The first-order chi connectivity index (χ1) is 7.34. The molecule has 0 spiro atoms. The van der Waals surface area contributed by atoms with Crippen LogP contribution in [0.15, 0.2) is 12.3 Å². The molecule has 0 aliphatic rings. The Morgan fingerprint density at radius 3 is 2.75 bits per heavy atom. The molecule has 0 bridgehead atoms. The molecule has 0 saturated heterocycles. The van der Waals surface area contributed by atoms with Crippen molar-refractivity contribution in [2.45, 2.75) is 18.7 Å². The van der Waals surface area contributed by atoms with Gasteiger partial charge < -0.3 is 5.11 Å². The molecule has 0 aliphatic heterocycles.